The first kappa shape index (κ1) is 19.7. The van der Waals surface area contributed by atoms with Gasteiger partial charge < -0.3 is 14.0 Å². The van der Waals surface area contributed by atoms with Gasteiger partial charge in [-0.25, -0.2) is 0 Å². The lowest BCUT2D eigenvalue weighted by Gasteiger charge is -2.10. The highest BCUT2D eigenvalue weighted by Gasteiger charge is 2.28. The molecule has 154 valence electrons. The van der Waals surface area contributed by atoms with E-state index in [1.807, 2.05) is 42.1 Å². The number of allylic oxidation sites excluding steroid dienone is 1. The second-order valence-corrected chi connectivity index (χ2v) is 8.11. The van der Waals surface area contributed by atoms with Crippen LogP contribution in [0.4, 0.5) is 0 Å². The number of para-hydroxylation sites is 1. The van der Waals surface area contributed by atoms with E-state index in [2.05, 4.69) is 0 Å². The SMILES string of the molecule is Cn1cc(/C=C2/Oc3cc(OCc4c(Cl)cccc4Cl)ccc3C2=O)c2ccccc21. The van der Waals surface area contributed by atoms with Crippen molar-refractivity contribution in [2.75, 3.05) is 0 Å². The van der Waals surface area contributed by atoms with Gasteiger partial charge in [-0.05, 0) is 36.4 Å². The summed E-state index contributed by atoms with van der Waals surface area (Å²) >= 11 is 12.4. The number of aryl methyl sites for hydroxylation is 1. The van der Waals surface area contributed by atoms with E-state index in [9.17, 15) is 4.79 Å². The van der Waals surface area contributed by atoms with Gasteiger partial charge >= 0.3 is 0 Å². The van der Waals surface area contributed by atoms with Gasteiger partial charge in [-0.3, -0.25) is 4.79 Å². The van der Waals surface area contributed by atoms with Gasteiger partial charge in [-0.15, -0.1) is 0 Å². The molecule has 6 heteroatoms. The molecule has 4 nitrogen and oxygen atoms in total. The molecule has 0 bridgehead atoms. The van der Waals surface area contributed by atoms with Crippen molar-refractivity contribution in [2.24, 2.45) is 7.05 Å². The molecule has 0 N–H and O–H groups in total. The summed E-state index contributed by atoms with van der Waals surface area (Å²) in [5.41, 5.74) is 3.24. The van der Waals surface area contributed by atoms with Crippen molar-refractivity contribution in [3.63, 3.8) is 0 Å². The summed E-state index contributed by atoms with van der Waals surface area (Å²) in [4.78, 5) is 12.8. The Labute approximate surface area is 189 Å². The topological polar surface area (TPSA) is 40.5 Å². The number of benzene rings is 3. The molecule has 1 aromatic heterocycles. The molecule has 0 saturated carbocycles. The maximum Gasteiger partial charge on any atom is 0.231 e. The second-order valence-electron chi connectivity index (χ2n) is 7.30. The number of rotatable bonds is 4. The van der Waals surface area contributed by atoms with Crippen LogP contribution in [-0.2, 0) is 13.7 Å². The van der Waals surface area contributed by atoms with Gasteiger partial charge in [-0.2, -0.15) is 0 Å². The number of aromatic nitrogens is 1. The third-order valence-corrected chi connectivity index (χ3v) is 6.01. The number of carbonyl (C=O) groups excluding carboxylic acids is 1. The Kier molecular flexibility index (Phi) is 4.97. The predicted octanol–water partition coefficient (Wildman–Crippen LogP) is 6.68. The minimum Gasteiger partial charge on any atom is -0.489 e. The lowest BCUT2D eigenvalue weighted by molar-refractivity contribution is 0.101. The van der Waals surface area contributed by atoms with Gasteiger partial charge in [0.1, 0.15) is 18.1 Å². The zero-order chi connectivity index (χ0) is 21.5. The summed E-state index contributed by atoms with van der Waals surface area (Å²) in [6.45, 7) is 0.212. The van der Waals surface area contributed by atoms with Gasteiger partial charge in [0.25, 0.3) is 0 Å². The fourth-order valence-corrected chi connectivity index (χ4v) is 4.22. The predicted molar refractivity (Wildman–Crippen MR) is 123 cm³/mol. The monoisotopic (exact) mass is 449 g/mol. The molecule has 0 radical (unpaired) electrons. The molecule has 1 aliphatic heterocycles. The minimum atomic E-state index is -0.149. The van der Waals surface area contributed by atoms with Crippen LogP contribution >= 0.6 is 23.2 Å². The highest BCUT2D eigenvalue weighted by Crippen LogP contribution is 2.36. The summed E-state index contributed by atoms with van der Waals surface area (Å²) in [5, 5.41) is 2.14. The number of nitrogens with zero attached hydrogens (tertiary/aromatic N) is 1. The van der Waals surface area contributed by atoms with Crippen LogP contribution in [0.15, 0.2) is 72.6 Å². The normalized spacial score (nSPS) is 14.2. The molecule has 31 heavy (non-hydrogen) atoms. The third-order valence-electron chi connectivity index (χ3n) is 5.30. The van der Waals surface area contributed by atoms with Gasteiger partial charge in [0.15, 0.2) is 5.76 Å². The Morgan fingerprint density at radius 1 is 1.03 bits per heavy atom. The van der Waals surface area contributed by atoms with E-state index < -0.39 is 0 Å². The first-order chi connectivity index (χ1) is 15.0. The second kappa shape index (κ2) is 7.80. The van der Waals surface area contributed by atoms with Crippen LogP contribution in [0.2, 0.25) is 10.0 Å². The number of fused-ring (bicyclic) bond motifs is 2. The van der Waals surface area contributed by atoms with Crippen molar-refractivity contribution in [2.45, 2.75) is 6.61 Å². The number of hydrogen-bond donors (Lipinski definition) is 0. The van der Waals surface area contributed by atoms with Crippen LogP contribution in [-0.4, -0.2) is 10.4 Å². The Balaban J connectivity index is 1.40. The summed E-state index contributed by atoms with van der Waals surface area (Å²) in [6, 6.07) is 18.5. The van der Waals surface area contributed by atoms with E-state index in [1.54, 1.807) is 42.5 Å². The van der Waals surface area contributed by atoms with E-state index in [-0.39, 0.29) is 18.1 Å². The van der Waals surface area contributed by atoms with Crippen molar-refractivity contribution in [1.29, 1.82) is 0 Å². The van der Waals surface area contributed by atoms with Crippen molar-refractivity contribution in [3.05, 3.63) is 99.4 Å². The van der Waals surface area contributed by atoms with Gasteiger partial charge in [0.2, 0.25) is 5.78 Å². The molecule has 0 fully saturated rings. The molecule has 3 aromatic carbocycles. The summed E-state index contributed by atoms with van der Waals surface area (Å²) in [5.74, 6) is 1.18. The maximum absolute atomic E-state index is 12.8. The average Bonchev–Trinajstić information content (AvgIpc) is 3.24. The van der Waals surface area contributed by atoms with Crippen molar-refractivity contribution < 1.29 is 14.3 Å². The molecule has 4 aromatic rings. The largest absolute Gasteiger partial charge is 0.489 e. The standard InChI is InChI=1S/C25H17Cl2NO3/c1-28-13-15(17-5-2-3-8-22(17)28)11-24-25(29)18-10-9-16(12-23(18)31-24)30-14-19-20(26)6-4-7-21(19)27/h2-13H,14H2,1H3/b24-11+. The van der Waals surface area contributed by atoms with E-state index >= 15 is 0 Å². The number of hydrogen-bond acceptors (Lipinski definition) is 3. The van der Waals surface area contributed by atoms with Crippen LogP contribution < -0.4 is 9.47 Å². The summed E-state index contributed by atoms with van der Waals surface area (Å²) in [7, 11) is 1.98. The minimum absolute atomic E-state index is 0.149. The number of ether oxygens (including phenoxy) is 2. The molecule has 0 spiro atoms. The lowest BCUT2D eigenvalue weighted by Crippen LogP contribution is -1.98. The first-order valence-corrected chi connectivity index (χ1v) is 10.4. The number of Topliss-reactive ketones (excluding diaryl/α,β-unsaturated/α-hetero) is 1. The number of ketones is 1. The lowest BCUT2D eigenvalue weighted by atomic mass is 10.1. The molecule has 1 aliphatic rings. The molecule has 0 atom stereocenters. The molecular weight excluding hydrogens is 433 g/mol. The van der Waals surface area contributed by atoms with Crippen molar-refractivity contribution in [3.8, 4) is 11.5 Å². The van der Waals surface area contributed by atoms with E-state index in [1.165, 1.54) is 0 Å². The molecule has 2 heterocycles. The fourth-order valence-electron chi connectivity index (χ4n) is 3.71. The van der Waals surface area contributed by atoms with Gasteiger partial charge in [0, 0.05) is 51.4 Å². The average molecular weight is 450 g/mol. The summed E-state index contributed by atoms with van der Waals surface area (Å²) in [6.07, 6.45) is 3.77. The van der Waals surface area contributed by atoms with Gasteiger partial charge in [-0.1, -0.05) is 47.5 Å². The zero-order valence-corrected chi connectivity index (χ0v) is 18.1. The quantitative estimate of drug-likeness (QED) is 0.326. The van der Waals surface area contributed by atoms with Crippen molar-refractivity contribution in [1.82, 2.24) is 4.57 Å². The van der Waals surface area contributed by atoms with Crippen LogP contribution in [0.1, 0.15) is 21.5 Å². The van der Waals surface area contributed by atoms with E-state index in [0.29, 0.717) is 32.7 Å². The molecule has 0 saturated heterocycles. The molecule has 5 rings (SSSR count). The Morgan fingerprint density at radius 3 is 2.61 bits per heavy atom. The van der Waals surface area contributed by atoms with Crippen LogP contribution in [0.5, 0.6) is 11.5 Å². The smallest absolute Gasteiger partial charge is 0.231 e. The Bertz CT molecular complexity index is 1350. The van der Waals surface area contributed by atoms with Crippen LogP contribution in [0.25, 0.3) is 17.0 Å². The Hall–Kier alpha value is -3.21. The van der Waals surface area contributed by atoms with Crippen LogP contribution in [0.3, 0.4) is 0 Å². The number of carbonyl (C=O) groups is 1. The van der Waals surface area contributed by atoms with Crippen molar-refractivity contribution >= 4 is 46.0 Å². The number of halogens is 2. The molecule has 0 amide bonds. The van der Waals surface area contributed by atoms with E-state index in [4.69, 9.17) is 32.7 Å². The highest BCUT2D eigenvalue weighted by atomic mass is 35.5. The maximum atomic E-state index is 12.8. The molecule has 0 aliphatic carbocycles. The van der Waals surface area contributed by atoms with Gasteiger partial charge in [0.05, 0.1) is 5.56 Å². The summed E-state index contributed by atoms with van der Waals surface area (Å²) < 4.78 is 13.8. The third kappa shape index (κ3) is 3.58. The highest BCUT2D eigenvalue weighted by molar-refractivity contribution is 6.35. The molecule has 0 unspecified atom stereocenters. The van der Waals surface area contributed by atoms with Crippen LogP contribution in [0, 0.1) is 0 Å². The Morgan fingerprint density at radius 2 is 1.81 bits per heavy atom. The first-order valence-electron chi connectivity index (χ1n) is 9.69. The fraction of sp³-hybridized carbons (Fsp3) is 0.0800. The zero-order valence-electron chi connectivity index (χ0n) is 16.6. The molecular formula is C25H17Cl2NO3. The van der Waals surface area contributed by atoms with E-state index in [0.717, 1.165) is 16.5 Å².